The molecule has 258 valence electrons. The minimum Gasteiger partial charge on any atom is -0.467 e. The molecular weight excluding hydrogens is 687 g/mol. The van der Waals surface area contributed by atoms with Gasteiger partial charge in [-0.2, -0.15) is 4.98 Å². The zero-order chi connectivity index (χ0) is 34.0. The molecular formula is C32H33N12NaO5S. The van der Waals surface area contributed by atoms with Crippen molar-refractivity contribution in [1.29, 1.82) is 0 Å². The summed E-state index contributed by atoms with van der Waals surface area (Å²) in [5.74, 6) is 0.674. The van der Waals surface area contributed by atoms with Crippen LogP contribution in [0.4, 0.5) is 11.9 Å². The molecule has 0 atom stereocenters. The molecule has 19 heteroatoms. The molecule has 0 bridgehead atoms. The van der Waals surface area contributed by atoms with Gasteiger partial charge in [0.15, 0.2) is 0 Å². The number of aromatic nitrogens is 10. The van der Waals surface area contributed by atoms with Crippen LogP contribution in [0.25, 0.3) is 55.6 Å². The van der Waals surface area contributed by atoms with Crippen molar-refractivity contribution in [2.24, 2.45) is 0 Å². The summed E-state index contributed by atoms with van der Waals surface area (Å²) >= 11 is 0. The number of hydrogen-bond acceptors (Lipinski definition) is 14. The molecule has 8 aromatic rings. The first-order chi connectivity index (χ1) is 23.3. The van der Waals surface area contributed by atoms with Gasteiger partial charge < -0.3 is 34.2 Å². The predicted octanol–water partition coefficient (Wildman–Crippen LogP) is -0.506. The van der Waals surface area contributed by atoms with E-state index < -0.39 is 9.84 Å². The van der Waals surface area contributed by atoms with Gasteiger partial charge >= 0.3 is 35.6 Å². The molecule has 0 fully saturated rings. The SMILES string of the molecule is CO.COc1nccc(-c2c3cccnc3n3c(N)nccc23)n1.CS(=O)(=O)c1nccc(-c2c3cccnc3n3c(N)nccc23)n1.O.[CH3-].[Na+]. The maximum absolute atomic E-state index is 11.8. The van der Waals surface area contributed by atoms with Crippen LogP contribution >= 0.6 is 0 Å². The van der Waals surface area contributed by atoms with Crippen molar-refractivity contribution in [2.75, 3.05) is 31.9 Å². The average molecular weight is 721 g/mol. The quantitative estimate of drug-likeness (QED) is 0.118. The second kappa shape index (κ2) is 16.6. The van der Waals surface area contributed by atoms with Crippen molar-refractivity contribution in [2.45, 2.75) is 5.16 Å². The van der Waals surface area contributed by atoms with E-state index in [0.717, 1.165) is 57.6 Å². The number of aliphatic hydroxyl groups excluding tert-OH is 1. The molecule has 0 unspecified atom stereocenters. The van der Waals surface area contributed by atoms with Gasteiger partial charge in [-0.3, -0.25) is 8.80 Å². The fourth-order valence-corrected chi connectivity index (χ4v) is 5.82. The number of pyridine rings is 2. The Morgan fingerprint density at radius 2 is 1.12 bits per heavy atom. The number of sulfone groups is 1. The van der Waals surface area contributed by atoms with Crippen LogP contribution in [0.2, 0.25) is 0 Å². The van der Waals surface area contributed by atoms with Gasteiger partial charge in [-0.15, -0.1) is 0 Å². The van der Waals surface area contributed by atoms with Gasteiger partial charge in [0.1, 0.15) is 11.3 Å². The Labute approximate surface area is 314 Å². The van der Waals surface area contributed by atoms with E-state index in [1.165, 1.54) is 6.20 Å². The first kappa shape index (κ1) is 40.1. The fourth-order valence-electron chi connectivity index (χ4n) is 5.31. The van der Waals surface area contributed by atoms with Crippen LogP contribution in [0.15, 0.2) is 90.9 Å². The fraction of sp³-hybridized carbons (Fsp3) is 0.0938. The normalized spacial score (nSPS) is 10.6. The summed E-state index contributed by atoms with van der Waals surface area (Å²) in [6.45, 7) is 0. The molecule has 0 saturated carbocycles. The van der Waals surface area contributed by atoms with Gasteiger partial charge in [0, 0.05) is 72.4 Å². The number of aliphatic hydroxyl groups is 1. The van der Waals surface area contributed by atoms with Crippen LogP contribution < -0.4 is 45.8 Å². The van der Waals surface area contributed by atoms with Crippen LogP contribution in [0, 0.1) is 7.43 Å². The van der Waals surface area contributed by atoms with Crippen molar-refractivity contribution in [3.05, 3.63) is 93.1 Å². The van der Waals surface area contributed by atoms with Crippen molar-refractivity contribution in [3.8, 4) is 28.5 Å². The Bertz CT molecular complexity index is 2560. The van der Waals surface area contributed by atoms with Crippen LogP contribution in [0.5, 0.6) is 6.01 Å². The van der Waals surface area contributed by atoms with Crippen molar-refractivity contribution in [1.82, 2.24) is 48.7 Å². The molecule has 8 heterocycles. The summed E-state index contributed by atoms with van der Waals surface area (Å²) in [7, 11) is -0.973. The molecule has 8 rings (SSSR count). The number of anilines is 2. The third-order valence-electron chi connectivity index (χ3n) is 7.16. The maximum Gasteiger partial charge on any atom is 1.00 e. The van der Waals surface area contributed by atoms with Crippen LogP contribution in [0.3, 0.4) is 0 Å². The standard InChI is InChI=1S/C15H12N6O2S.C15H12N6O.CH4O.CH3.Na.H2O/c1-24(22,23)15-19-7-4-10(20-15)12-9-3-2-6-17-13(9)21-11(12)5-8-18-14(21)16;1-22-15-19-7-4-10(20-15)12-9-3-2-6-17-13(9)21-11(12)5-8-18-14(21)16;1-2;;;/h2-8H,1H3,(H2,16,18);2-8H,1H3,(H2,16,18);2H,1H3;1H3;;1H2/q;;;-1;+1;. The van der Waals surface area contributed by atoms with E-state index >= 15 is 0 Å². The molecule has 51 heavy (non-hydrogen) atoms. The summed E-state index contributed by atoms with van der Waals surface area (Å²) in [6, 6.07) is 15.0. The van der Waals surface area contributed by atoms with Gasteiger partial charge in [0.2, 0.25) is 26.9 Å². The molecule has 8 aromatic heterocycles. The van der Waals surface area contributed by atoms with E-state index in [9.17, 15) is 8.42 Å². The Morgan fingerprint density at radius 1 is 0.667 bits per heavy atom. The summed E-state index contributed by atoms with van der Waals surface area (Å²) in [4.78, 5) is 33.6. The third-order valence-corrected chi connectivity index (χ3v) is 8.02. The largest absolute Gasteiger partial charge is 1.00 e. The van der Waals surface area contributed by atoms with Crippen molar-refractivity contribution in [3.63, 3.8) is 0 Å². The topological polar surface area (TPSA) is 259 Å². The number of fused-ring (bicyclic) bond motifs is 6. The van der Waals surface area contributed by atoms with Crippen molar-refractivity contribution >= 4 is 54.8 Å². The Morgan fingerprint density at radius 3 is 1.59 bits per heavy atom. The van der Waals surface area contributed by atoms with Crippen LogP contribution in [0.1, 0.15) is 0 Å². The van der Waals surface area contributed by atoms with E-state index in [-0.39, 0.29) is 47.6 Å². The summed E-state index contributed by atoms with van der Waals surface area (Å²) < 4.78 is 32.2. The number of hydrogen-bond donors (Lipinski definition) is 3. The zero-order valence-electron chi connectivity index (χ0n) is 28.3. The predicted molar refractivity (Wildman–Crippen MR) is 190 cm³/mol. The Kier molecular flexibility index (Phi) is 13.0. The molecule has 0 spiro atoms. The number of nitrogen functional groups attached to an aromatic ring is 2. The first-order valence-electron chi connectivity index (χ1n) is 14.1. The first-order valence-corrected chi connectivity index (χ1v) is 16.0. The van der Waals surface area contributed by atoms with Crippen molar-refractivity contribution < 1.29 is 53.3 Å². The minimum absolute atomic E-state index is 0. The average Bonchev–Trinajstić information content (AvgIpc) is 3.64. The smallest absolute Gasteiger partial charge is 0.467 e. The van der Waals surface area contributed by atoms with Gasteiger partial charge in [-0.25, -0.2) is 43.3 Å². The summed E-state index contributed by atoms with van der Waals surface area (Å²) in [5, 5.41) is 8.52. The molecule has 0 amide bonds. The number of ether oxygens (including phenoxy) is 1. The molecule has 0 aliphatic heterocycles. The number of methoxy groups -OCH3 is 1. The molecule has 17 nitrogen and oxygen atoms in total. The van der Waals surface area contributed by atoms with E-state index in [1.54, 1.807) is 60.7 Å². The molecule has 7 N–H and O–H groups in total. The minimum atomic E-state index is -3.51. The van der Waals surface area contributed by atoms with Gasteiger partial charge in [0.05, 0.1) is 29.5 Å². The molecule has 0 aliphatic rings. The van der Waals surface area contributed by atoms with E-state index in [2.05, 4.69) is 39.9 Å². The molecule has 0 saturated heterocycles. The second-order valence-corrected chi connectivity index (χ2v) is 11.9. The van der Waals surface area contributed by atoms with Gasteiger partial charge in [-0.05, 0) is 48.5 Å². The second-order valence-electron chi connectivity index (χ2n) is 9.97. The van der Waals surface area contributed by atoms with Crippen LogP contribution in [-0.2, 0) is 9.84 Å². The number of rotatable bonds is 4. The maximum atomic E-state index is 11.8. The summed E-state index contributed by atoms with van der Waals surface area (Å²) in [5.41, 5.74) is 17.9. The van der Waals surface area contributed by atoms with Gasteiger partial charge in [-0.1, -0.05) is 0 Å². The Hall–Kier alpha value is -5.37. The molecule has 0 radical (unpaired) electrons. The number of nitrogens with two attached hydrogens (primary N) is 2. The summed E-state index contributed by atoms with van der Waals surface area (Å²) in [6.07, 6.45) is 10.8. The van der Waals surface area contributed by atoms with E-state index in [1.807, 2.05) is 34.7 Å². The molecule has 0 aliphatic carbocycles. The third kappa shape index (κ3) is 7.41. The van der Waals surface area contributed by atoms with Gasteiger partial charge in [0.25, 0.3) is 0 Å². The van der Waals surface area contributed by atoms with E-state index in [0.29, 0.717) is 29.2 Å². The zero-order valence-corrected chi connectivity index (χ0v) is 31.1. The number of nitrogens with zero attached hydrogens (tertiary/aromatic N) is 10. The van der Waals surface area contributed by atoms with Crippen LogP contribution in [-0.4, -0.2) is 88.1 Å². The van der Waals surface area contributed by atoms with E-state index in [4.69, 9.17) is 21.3 Å². The molecule has 0 aromatic carbocycles. The Balaban J connectivity index is 0.000000249. The monoisotopic (exact) mass is 720 g/mol.